The largest absolute Gasteiger partial charge is 0.440 e. The summed E-state index contributed by atoms with van der Waals surface area (Å²) in [4.78, 5) is 9.68. The highest BCUT2D eigenvalue weighted by Gasteiger charge is 2.56. The molecule has 0 bridgehead atoms. The second-order valence-electron chi connectivity index (χ2n) is 8.20. The van der Waals surface area contributed by atoms with E-state index in [0.717, 1.165) is 29.1 Å². The number of allylic oxidation sites excluding steroid dienone is 4. The highest BCUT2D eigenvalue weighted by Crippen LogP contribution is 2.58. The Balaban J connectivity index is 1.60. The average Bonchev–Trinajstić information content (AvgIpc) is 3.31. The molecule has 29 heavy (non-hydrogen) atoms. The van der Waals surface area contributed by atoms with Crippen molar-refractivity contribution >= 4 is 11.9 Å². The van der Waals surface area contributed by atoms with Gasteiger partial charge in [0, 0.05) is 5.56 Å². The number of fused-ring (bicyclic) bond motifs is 1. The number of hydrogen-bond acceptors (Lipinski definition) is 3. The van der Waals surface area contributed by atoms with Crippen molar-refractivity contribution in [3.05, 3.63) is 94.9 Å². The Kier molecular flexibility index (Phi) is 4.13. The first kappa shape index (κ1) is 17.9. The highest BCUT2D eigenvalue weighted by atomic mass is 16.4. The number of benzene rings is 2. The van der Waals surface area contributed by atoms with Crippen LogP contribution in [-0.2, 0) is 5.41 Å². The Bertz CT molecular complexity index is 1140. The third kappa shape index (κ3) is 3.07. The van der Waals surface area contributed by atoms with E-state index in [2.05, 4.69) is 57.2 Å². The third-order valence-corrected chi connectivity index (χ3v) is 5.96. The maximum Gasteiger partial charge on any atom is 0.226 e. The quantitative estimate of drug-likeness (QED) is 0.491. The van der Waals surface area contributed by atoms with Crippen LogP contribution < -0.4 is 0 Å². The van der Waals surface area contributed by atoms with Crippen LogP contribution in [0, 0.1) is 26.7 Å². The Morgan fingerprint density at radius 1 is 1.07 bits per heavy atom. The van der Waals surface area contributed by atoms with Crippen LogP contribution in [0.15, 0.2) is 76.2 Å². The molecule has 3 heteroatoms. The molecule has 1 aromatic heterocycles. The molecule has 2 aliphatic carbocycles. The van der Waals surface area contributed by atoms with Crippen molar-refractivity contribution < 1.29 is 4.42 Å². The summed E-state index contributed by atoms with van der Waals surface area (Å²) in [6.45, 7) is 6.33. The van der Waals surface area contributed by atoms with Gasteiger partial charge in [0.15, 0.2) is 0 Å². The van der Waals surface area contributed by atoms with Crippen molar-refractivity contribution in [1.82, 2.24) is 4.98 Å². The minimum absolute atomic E-state index is 0.0759. The third-order valence-electron chi connectivity index (χ3n) is 5.96. The SMILES string of the molecule is Cc1cc(C)c(N=Cc2nc(-c3ccccc3)oc2C23C=CC=CC2C3)c(C)c1. The topological polar surface area (TPSA) is 38.4 Å². The lowest BCUT2D eigenvalue weighted by atomic mass is 9.95. The lowest BCUT2D eigenvalue weighted by Gasteiger charge is -2.11. The van der Waals surface area contributed by atoms with Crippen molar-refractivity contribution in [2.75, 3.05) is 0 Å². The molecule has 1 fully saturated rings. The number of aromatic nitrogens is 1. The van der Waals surface area contributed by atoms with E-state index in [9.17, 15) is 0 Å². The summed E-state index contributed by atoms with van der Waals surface area (Å²) in [6.07, 6.45) is 11.7. The molecule has 144 valence electrons. The predicted molar refractivity (Wildman–Crippen MR) is 118 cm³/mol. The van der Waals surface area contributed by atoms with Gasteiger partial charge in [-0.15, -0.1) is 0 Å². The van der Waals surface area contributed by atoms with Gasteiger partial charge in [-0.3, -0.25) is 4.99 Å². The van der Waals surface area contributed by atoms with Gasteiger partial charge in [-0.1, -0.05) is 60.2 Å². The second kappa shape index (κ2) is 6.70. The van der Waals surface area contributed by atoms with Crippen molar-refractivity contribution in [2.24, 2.45) is 10.9 Å². The summed E-state index contributed by atoms with van der Waals surface area (Å²) in [7, 11) is 0. The van der Waals surface area contributed by atoms with Crippen LogP contribution in [0.25, 0.3) is 11.5 Å². The Hall–Kier alpha value is -3.20. The van der Waals surface area contributed by atoms with E-state index in [4.69, 9.17) is 14.4 Å². The number of aryl methyl sites for hydroxylation is 3. The fraction of sp³-hybridized carbons (Fsp3) is 0.231. The first-order valence-electron chi connectivity index (χ1n) is 10.1. The summed E-state index contributed by atoms with van der Waals surface area (Å²) >= 11 is 0. The molecule has 1 saturated carbocycles. The van der Waals surface area contributed by atoms with Gasteiger partial charge in [0.05, 0.1) is 17.3 Å². The van der Waals surface area contributed by atoms with Crippen LogP contribution in [0.3, 0.4) is 0 Å². The van der Waals surface area contributed by atoms with Crippen LogP contribution in [0.4, 0.5) is 5.69 Å². The van der Waals surface area contributed by atoms with Crippen LogP contribution in [-0.4, -0.2) is 11.2 Å². The molecule has 0 radical (unpaired) electrons. The van der Waals surface area contributed by atoms with Gasteiger partial charge in [0.2, 0.25) is 5.89 Å². The van der Waals surface area contributed by atoms with E-state index in [-0.39, 0.29) is 5.41 Å². The van der Waals surface area contributed by atoms with Gasteiger partial charge < -0.3 is 4.42 Å². The summed E-state index contributed by atoms with van der Waals surface area (Å²) in [5.41, 5.74) is 6.35. The Morgan fingerprint density at radius 3 is 2.55 bits per heavy atom. The minimum atomic E-state index is -0.0759. The monoisotopic (exact) mass is 380 g/mol. The van der Waals surface area contributed by atoms with Gasteiger partial charge in [-0.2, -0.15) is 0 Å². The fourth-order valence-electron chi connectivity index (χ4n) is 4.46. The molecule has 0 spiro atoms. The molecule has 5 rings (SSSR count). The molecule has 0 N–H and O–H groups in total. The smallest absolute Gasteiger partial charge is 0.226 e. The molecule has 1 heterocycles. The molecule has 3 aromatic rings. The zero-order chi connectivity index (χ0) is 20.0. The van der Waals surface area contributed by atoms with Gasteiger partial charge >= 0.3 is 0 Å². The zero-order valence-corrected chi connectivity index (χ0v) is 17.0. The van der Waals surface area contributed by atoms with Crippen molar-refractivity contribution in [1.29, 1.82) is 0 Å². The average molecular weight is 380 g/mol. The number of hydrogen-bond donors (Lipinski definition) is 0. The van der Waals surface area contributed by atoms with E-state index in [0.29, 0.717) is 11.8 Å². The predicted octanol–water partition coefficient (Wildman–Crippen LogP) is 6.40. The number of oxazole rings is 1. The number of aliphatic imine (C=N–C) groups is 1. The van der Waals surface area contributed by atoms with Crippen molar-refractivity contribution in [3.63, 3.8) is 0 Å². The Morgan fingerprint density at radius 2 is 1.83 bits per heavy atom. The van der Waals surface area contributed by atoms with Crippen LogP contribution in [0.1, 0.15) is 34.6 Å². The van der Waals surface area contributed by atoms with Crippen LogP contribution >= 0.6 is 0 Å². The van der Waals surface area contributed by atoms with E-state index in [1.807, 2.05) is 36.5 Å². The van der Waals surface area contributed by atoms with Crippen molar-refractivity contribution in [3.8, 4) is 11.5 Å². The fourth-order valence-corrected chi connectivity index (χ4v) is 4.46. The standard InChI is InChI=1S/C26H24N2O/c1-17-13-18(2)23(19(3)14-17)27-16-22-24(26-12-8-7-11-21(26)15-26)29-25(28-22)20-9-5-4-6-10-20/h4-14,16,21H,15H2,1-3H3. The van der Waals surface area contributed by atoms with Gasteiger partial charge in [-0.25, -0.2) is 4.98 Å². The zero-order valence-electron chi connectivity index (χ0n) is 17.0. The molecule has 0 saturated heterocycles. The van der Waals surface area contributed by atoms with Crippen LogP contribution in [0.2, 0.25) is 0 Å². The summed E-state index contributed by atoms with van der Waals surface area (Å²) in [5.74, 6) is 2.06. The molecular weight excluding hydrogens is 356 g/mol. The molecule has 2 aromatic carbocycles. The first-order valence-corrected chi connectivity index (χ1v) is 10.1. The second-order valence-corrected chi connectivity index (χ2v) is 8.20. The molecule has 0 aliphatic heterocycles. The molecule has 2 aliphatic rings. The summed E-state index contributed by atoms with van der Waals surface area (Å²) in [6, 6.07) is 14.4. The van der Waals surface area contributed by atoms with E-state index in [1.165, 1.54) is 16.7 Å². The molecule has 0 amide bonds. The number of nitrogens with zero attached hydrogens (tertiary/aromatic N) is 2. The van der Waals surface area contributed by atoms with E-state index in [1.54, 1.807) is 0 Å². The number of rotatable bonds is 4. The van der Waals surface area contributed by atoms with E-state index < -0.39 is 0 Å². The maximum atomic E-state index is 6.37. The normalized spacial score (nSPS) is 22.2. The van der Waals surface area contributed by atoms with Gasteiger partial charge in [-0.05, 0) is 56.4 Å². The lowest BCUT2D eigenvalue weighted by molar-refractivity contribution is 0.483. The maximum absolute atomic E-state index is 6.37. The molecule has 2 unspecified atom stereocenters. The van der Waals surface area contributed by atoms with Crippen molar-refractivity contribution in [2.45, 2.75) is 32.6 Å². The first-order chi connectivity index (χ1) is 14.1. The van der Waals surface area contributed by atoms with Gasteiger partial charge in [0.25, 0.3) is 0 Å². The van der Waals surface area contributed by atoms with Crippen LogP contribution in [0.5, 0.6) is 0 Å². The molecule has 3 nitrogen and oxygen atoms in total. The molecule has 2 atom stereocenters. The van der Waals surface area contributed by atoms with E-state index >= 15 is 0 Å². The lowest BCUT2D eigenvalue weighted by Crippen LogP contribution is -2.09. The van der Waals surface area contributed by atoms with Gasteiger partial charge in [0.1, 0.15) is 11.5 Å². The Labute approximate surface area is 171 Å². The molecular formula is C26H24N2O. The summed E-state index contributed by atoms with van der Waals surface area (Å²) < 4.78 is 6.37. The summed E-state index contributed by atoms with van der Waals surface area (Å²) in [5, 5.41) is 0. The minimum Gasteiger partial charge on any atom is -0.440 e. The highest BCUT2D eigenvalue weighted by molar-refractivity contribution is 5.84.